The monoisotopic (exact) mass is 321 g/mol. The fraction of sp³-hybridized carbons (Fsp3) is 0.0588. The molecule has 0 saturated carbocycles. The summed E-state index contributed by atoms with van der Waals surface area (Å²) in [6.07, 6.45) is 0. The molecule has 1 heterocycles. The zero-order chi connectivity index (χ0) is 16.9. The number of anilines is 2. The van der Waals surface area contributed by atoms with E-state index in [0.717, 1.165) is 11.1 Å². The van der Waals surface area contributed by atoms with E-state index in [1.165, 1.54) is 0 Å². The van der Waals surface area contributed by atoms with Crippen LogP contribution in [0.3, 0.4) is 0 Å². The fourth-order valence-electron chi connectivity index (χ4n) is 2.16. The van der Waals surface area contributed by atoms with E-state index in [-0.39, 0.29) is 24.3 Å². The molecular formula is C17H15N5O2. The molecule has 7 heteroatoms. The molecule has 3 rings (SSSR count). The second kappa shape index (κ2) is 6.74. The summed E-state index contributed by atoms with van der Waals surface area (Å²) in [4.78, 5) is 23.4. The van der Waals surface area contributed by atoms with Crippen molar-refractivity contribution in [3.63, 3.8) is 0 Å². The highest BCUT2D eigenvalue weighted by molar-refractivity contribution is 5.90. The highest BCUT2D eigenvalue weighted by Gasteiger charge is 2.10. The third-order valence-corrected chi connectivity index (χ3v) is 3.28. The van der Waals surface area contributed by atoms with Crippen LogP contribution in [0.5, 0.6) is 0 Å². The quantitative estimate of drug-likeness (QED) is 0.706. The highest BCUT2D eigenvalue weighted by Crippen LogP contribution is 2.19. The molecule has 0 radical (unpaired) electrons. The molecule has 1 aromatic heterocycles. The predicted octanol–water partition coefficient (Wildman–Crippen LogP) is 2.06. The Morgan fingerprint density at radius 2 is 1.42 bits per heavy atom. The number of carbonyl (C=O) groups is 1. The summed E-state index contributed by atoms with van der Waals surface area (Å²) in [5.41, 5.74) is 13.5. The van der Waals surface area contributed by atoms with Gasteiger partial charge in [0.25, 0.3) is 0 Å². The topological polar surface area (TPSA) is 117 Å². The van der Waals surface area contributed by atoms with Gasteiger partial charge in [-0.15, -0.1) is 0 Å². The number of nitrogen functional groups attached to an aromatic ring is 2. The SMILES string of the molecule is Nc1nc(N)nc(COC(=O)c2ccc(-c3ccccc3)cc2)n1. The number of rotatable bonds is 4. The number of nitrogens with zero attached hydrogens (tertiary/aromatic N) is 3. The number of ether oxygens (including phenoxy) is 1. The normalized spacial score (nSPS) is 10.3. The predicted molar refractivity (Wildman–Crippen MR) is 89.6 cm³/mol. The van der Waals surface area contributed by atoms with Gasteiger partial charge in [0.2, 0.25) is 11.9 Å². The Kier molecular flexibility index (Phi) is 4.33. The van der Waals surface area contributed by atoms with Crippen LogP contribution in [0.15, 0.2) is 54.6 Å². The molecule has 0 spiro atoms. The Hall–Kier alpha value is -3.48. The van der Waals surface area contributed by atoms with Crippen molar-refractivity contribution in [1.29, 1.82) is 0 Å². The first-order valence-electron chi connectivity index (χ1n) is 7.20. The Morgan fingerprint density at radius 1 is 0.833 bits per heavy atom. The summed E-state index contributed by atoms with van der Waals surface area (Å²) in [6.45, 7) is -0.129. The van der Waals surface area contributed by atoms with Crippen molar-refractivity contribution < 1.29 is 9.53 Å². The lowest BCUT2D eigenvalue weighted by Crippen LogP contribution is -2.11. The lowest BCUT2D eigenvalue weighted by molar-refractivity contribution is 0.0462. The molecule has 0 aliphatic heterocycles. The molecule has 0 atom stereocenters. The van der Waals surface area contributed by atoms with Gasteiger partial charge in [-0.2, -0.15) is 15.0 Å². The van der Waals surface area contributed by atoms with Crippen LogP contribution in [0.1, 0.15) is 16.2 Å². The lowest BCUT2D eigenvalue weighted by atomic mass is 10.0. The second-order valence-corrected chi connectivity index (χ2v) is 4.99. The highest BCUT2D eigenvalue weighted by atomic mass is 16.5. The molecule has 24 heavy (non-hydrogen) atoms. The third-order valence-electron chi connectivity index (χ3n) is 3.28. The largest absolute Gasteiger partial charge is 0.454 e. The first kappa shape index (κ1) is 15.4. The van der Waals surface area contributed by atoms with E-state index in [0.29, 0.717) is 5.56 Å². The third kappa shape index (κ3) is 3.64. The lowest BCUT2D eigenvalue weighted by Gasteiger charge is -2.06. The van der Waals surface area contributed by atoms with E-state index in [1.54, 1.807) is 12.1 Å². The number of hydrogen-bond acceptors (Lipinski definition) is 7. The van der Waals surface area contributed by atoms with Gasteiger partial charge >= 0.3 is 5.97 Å². The van der Waals surface area contributed by atoms with Gasteiger partial charge in [0.05, 0.1) is 5.56 Å². The standard InChI is InChI=1S/C17H15N5O2/c18-16-20-14(21-17(19)22-16)10-24-15(23)13-8-6-12(7-9-13)11-4-2-1-3-5-11/h1-9H,10H2,(H4,18,19,20,21,22). The zero-order valence-electron chi connectivity index (χ0n) is 12.7. The van der Waals surface area contributed by atoms with Crippen molar-refractivity contribution in [2.45, 2.75) is 6.61 Å². The van der Waals surface area contributed by atoms with Gasteiger partial charge in [-0.25, -0.2) is 4.79 Å². The summed E-state index contributed by atoms with van der Waals surface area (Å²) in [6, 6.07) is 17.0. The molecule has 4 N–H and O–H groups in total. The van der Waals surface area contributed by atoms with Gasteiger partial charge < -0.3 is 16.2 Å². The molecule has 0 saturated heterocycles. The van der Waals surface area contributed by atoms with Crippen molar-refractivity contribution in [3.8, 4) is 11.1 Å². The number of carbonyl (C=O) groups excluding carboxylic acids is 1. The van der Waals surface area contributed by atoms with Crippen molar-refractivity contribution in [2.75, 3.05) is 11.5 Å². The van der Waals surface area contributed by atoms with Gasteiger partial charge in [-0.05, 0) is 23.3 Å². The van der Waals surface area contributed by atoms with Gasteiger partial charge in [0, 0.05) is 0 Å². The van der Waals surface area contributed by atoms with Crippen molar-refractivity contribution >= 4 is 17.9 Å². The Bertz CT molecular complexity index is 830. The van der Waals surface area contributed by atoms with E-state index >= 15 is 0 Å². The fourth-order valence-corrected chi connectivity index (χ4v) is 2.16. The molecular weight excluding hydrogens is 306 g/mol. The van der Waals surface area contributed by atoms with E-state index in [4.69, 9.17) is 16.2 Å². The summed E-state index contributed by atoms with van der Waals surface area (Å²) in [5.74, 6) is -0.303. The molecule has 0 amide bonds. The summed E-state index contributed by atoms with van der Waals surface area (Å²) < 4.78 is 5.17. The molecule has 0 unspecified atom stereocenters. The summed E-state index contributed by atoms with van der Waals surface area (Å²) >= 11 is 0. The molecule has 2 aromatic carbocycles. The Labute approximate surface area is 138 Å². The molecule has 0 fully saturated rings. The van der Waals surface area contributed by atoms with E-state index in [1.807, 2.05) is 42.5 Å². The van der Waals surface area contributed by atoms with Crippen LogP contribution in [-0.2, 0) is 11.3 Å². The van der Waals surface area contributed by atoms with Crippen molar-refractivity contribution in [3.05, 3.63) is 66.0 Å². The van der Waals surface area contributed by atoms with Crippen LogP contribution in [0, 0.1) is 0 Å². The minimum atomic E-state index is -0.479. The van der Waals surface area contributed by atoms with E-state index < -0.39 is 5.97 Å². The van der Waals surface area contributed by atoms with Crippen LogP contribution in [0.2, 0.25) is 0 Å². The maximum absolute atomic E-state index is 12.1. The number of benzene rings is 2. The van der Waals surface area contributed by atoms with Crippen LogP contribution < -0.4 is 11.5 Å². The van der Waals surface area contributed by atoms with Crippen LogP contribution in [0.25, 0.3) is 11.1 Å². The van der Waals surface area contributed by atoms with E-state index in [9.17, 15) is 4.79 Å². The Morgan fingerprint density at radius 3 is 2.04 bits per heavy atom. The van der Waals surface area contributed by atoms with Gasteiger partial charge in [-0.1, -0.05) is 42.5 Å². The second-order valence-electron chi connectivity index (χ2n) is 4.99. The average molecular weight is 321 g/mol. The van der Waals surface area contributed by atoms with Crippen molar-refractivity contribution in [2.24, 2.45) is 0 Å². The average Bonchev–Trinajstić information content (AvgIpc) is 2.60. The molecule has 7 nitrogen and oxygen atoms in total. The Balaban J connectivity index is 1.67. The van der Waals surface area contributed by atoms with Gasteiger partial charge in [0.1, 0.15) is 0 Å². The number of nitrogens with two attached hydrogens (primary N) is 2. The number of hydrogen-bond donors (Lipinski definition) is 2. The first-order valence-corrected chi connectivity index (χ1v) is 7.20. The maximum atomic E-state index is 12.1. The van der Waals surface area contributed by atoms with E-state index in [2.05, 4.69) is 15.0 Å². The molecule has 3 aromatic rings. The summed E-state index contributed by atoms with van der Waals surface area (Å²) in [7, 11) is 0. The molecule has 120 valence electrons. The van der Waals surface area contributed by atoms with Gasteiger partial charge in [-0.3, -0.25) is 0 Å². The minimum Gasteiger partial charge on any atom is -0.454 e. The van der Waals surface area contributed by atoms with Gasteiger partial charge in [0.15, 0.2) is 12.4 Å². The van der Waals surface area contributed by atoms with Crippen LogP contribution in [-0.4, -0.2) is 20.9 Å². The molecule has 0 aliphatic rings. The summed E-state index contributed by atoms with van der Waals surface area (Å²) in [5, 5.41) is 0. The molecule has 0 bridgehead atoms. The zero-order valence-corrected chi connectivity index (χ0v) is 12.7. The number of esters is 1. The van der Waals surface area contributed by atoms with Crippen LogP contribution in [0.4, 0.5) is 11.9 Å². The molecule has 0 aliphatic carbocycles. The van der Waals surface area contributed by atoms with Crippen molar-refractivity contribution in [1.82, 2.24) is 15.0 Å². The first-order chi connectivity index (χ1) is 11.6. The maximum Gasteiger partial charge on any atom is 0.338 e. The smallest absolute Gasteiger partial charge is 0.338 e. The van der Waals surface area contributed by atoms with Crippen LogP contribution >= 0.6 is 0 Å². The number of aromatic nitrogens is 3. The minimum absolute atomic E-state index is 0.0132.